The molecule has 2 aromatic carbocycles. The number of unbranched alkanes of at least 4 members (excludes halogenated alkanes) is 1. The molecule has 1 N–H and O–H groups in total. The fraction of sp³-hybridized carbons (Fsp3) is 0.263. The van der Waals surface area contributed by atoms with E-state index in [0.717, 1.165) is 18.6 Å². The Kier molecular flexibility index (Phi) is 5.92. The Labute approximate surface area is 136 Å². The maximum absolute atomic E-state index is 12.2. The molecule has 0 bridgehead atoms. The van der Waals surface area contributed by atoms with Crippen LogP contribution in [0, 0.1) is 0 Å². The molecule has 4 heteroatoms. The van der Waals surface area contributed by atoms with Gasteiger partial charge in [-0.2, -0.15) is 0 Å². The van der Waals surface area contributed by atoms with E-state index in [1.807, 2.05) is 0 Å². The van der Waals surface area contributed by atoms with Crippen molar-refractivity contribution >= 4 is 17.4 Å². The standard InChI is InChI=1S/C19H21NO3/c1-3-4-13-23-18-11-7-16(8-12-18)19(22)20-17-9-5-15(6-10-17)14(2)21/h5-12H,3-4,13H2,1-2H3,(H,20,22). The zero-order valence-electron chi connectivity index (χ0n) is 13.5. The molecule has 0 fully saturated rings. The third kappa shape index (κ3) is 4.95. The van der Waals surface area contributed by atoms with Gasteiger partial charge in [0.05, 0.1) is 6.61 Å². The van der Waals surface area contributed by atoms with E-state index in [1.165, 1.54) is 6.92 Å². The Balaban J connectivity index is 1.96. The quantitative estimate of drug-likeness (QED) is 0.612. The lowest BCUT2D eigenvalue weighted by atomic mass is 10.1. The van der Waals surface area contributed by atoms with Crippen LogP contribution in [0.2, 0.25) is 0 Å². The van der Waals surface area contributed by atoms with Gasteiger partial charge in [-0.25, -0.2) is 0 Å². The van der Waals surface area contributed by atoms with Crippen molar-refractivity contribution in [3.05, 3.63) is 59.7 Å². The summed E-state index contributed by atoms with van der Waals surface area (Å²) in [5.74, 6) is 0.572. The lowest BCUT2D eigenvalue weighted by Crippen LogP contribution is -2.11. The molecule has 0 aromatic heterocycles. The number of ether oxygens (including phenoxy) is 1. The second-order valence-electron chi connectivity index (χ2n) is 5.31. The minimum Gasteiger partial charge on any atom is -0.494 e. The topological polar surface area (TPSA) is 55.4 Å². The minimum atomic E-state index is -0.194. The van der Waals surface area contributed by atoms with E-state index >= 15 is 0 Å². The number of rotatable bonds is 7. The van der Waals surface area contributed by atoms with E-state index in [0.29, 0.717) is 23.4 Å². The molecule has 0 aliphatic heterocycles. The number of hydrogen-bond acceptors (Lipinski definition) is 3. The fourth-order valence-corrected chi connectivity index (χ4v) is 2.03. The number of Topliss-reactive ketones (excluding diaryl/α,β-unsaturated/α-hetero) is 1. The molecule has 4 nitrogen and oxygen atoms in total. The van der Waals surface area contributed by atoms with Crippen LogP contribution in [0.5, 0.6) is 5.75 Å². The first kappa shape index (κ1) is 16.7. The predicted octanol–water partition coefficient (Wildman–Crippen LogP) is 4.32. The summed E-state index contributed by atoms with van der Waals surface area (Å²) in [7, 11) is 0. The first-order valence-corrected chi connectivity index (χ1v) is 7.75. The summed E-state index contributed by atoms with van der Waals surface area (Å²) in [5, 5.41) is 2.81. The molecule has 1 amide bonds. The highest BCUT2D eigenvalue weighted by atomic mass is 16.5. The highest BCUT2D eigenvalue weighted by molar-refractivity contribution is 6.04. The normalized spacial score (nSPS) is 10.2. The van der Waals surface area contributed by atoms with Gasteiger partial charge in [-0.05, 0) is 61.9 Å². The first-order valence-electron chi connectivity index (χ1n) is 7.75. The molecular weight excluding hydrogens is 290 g/mol. The lowest BCUT2D eigenvalue weighted by molar-refractivity contribution is 0.101. The summed E-state index contributed by atoms with van der Waals surface area (Å²) in [4.78, 5) is 23.4. The molecule has 2 rings (SSSR count). The van der Waals surface area contributed by atoms with Crippen molar-refractivity contribution in [2.45, 2.75) is 26.7 Å². The minimum absolute atomic E-state index is 0.00142. The maximum atomic E-state index is 12.2. The van der Waals surface area contributed by atoms with Crippen molar-refractivity contribution in [1.82, 2.24) is 0 Å². The number of ketones is 1. The van der Waals surface area contributed by atoms with E-state index in [1.54, 1.807) is 48.5 Å². The molecule has 0 aliphatic carbocycles. The van der Waals surface area contributed by atoms with E-state index < -0.39 is 0 Å². The number of anilines is 1. The molecule has 0 saturated heterocycles. The zero-order chi connectivity index (χ0) is 16.7. The van der Waals surface area contributed by atoms with Gasteiger partial charge in [-0.3, -0.25) is 9.59 Å². The average molecular weight is 311 g/mol. The second kappa shape index (κ2) is 8.13. The van der Waals surface area contributed by atoms with Crippen molar-refractivity contribution in [2.75, 3.05) is 11.9 Å². The van der Waals surface area contributed by atoms with Gasteiger partial charge in [0.15, 0.2) is 5.78 Å². The molecule has 0 unspecified atom stereocenters. The van der Waals surface area contributed by atoms with Gasteiger partial charge in [0.25, 0.3) is 5.91 Å². The average Bonchev–Trinajstić information content (AvgIpc) is 2.56. The third-order valence-electron chi connectivity index (χ3n) is 3.43. The van der Waals surface area contributed by atoms with Crippen LogP contribution in [-0.2, 0) is 0 Å². The molecule has 23 heavy (non-hydrogen) atoms. The monoisotopic (exact) mass is 311 g/mol. The second-order valence-corrected chi connectivity index (χ2v) is 5.31. The number of amides is 1. The molecule has 0 atom stereocenters. The predicted molar refractivity (Wildman–Crippen MR) is 91.2 cm³/mol. The van der Waals surface area contributed by atoms with Crippen LogP contribution in [-0.4, -0.2) is 18.3 Å². The Hall–Kier alpha value is -2.62. The summed E-state index contributed by atoms with van der Waals surface area (Å²) >= 11 is 0. The third-order valence-corrected chi connectivity index (χ3v) is 3.43. The summed E-state index contributed by atoms with van der Waals surface area (Å²) in [5.41, 5.74) is 1.84. The lowest BCUT2D eigenvalue weighted by Gasteiger charge is -2.08. The van der Waals surface area contributed by atoms with Crippen molar-refractivity contribution in [2.24, 2.45) is 0 Å². The Morgan fingerprint density at radius 2 is 1.57 bits per heavy atom. The van der Waals surface area contributed by atoms with E-state index in [2.05, 4.69) is 12.2 Å². The van der Waals surface area contributed by atoms with Gasteiger partial charge in [-0.15, -0.1) is 0 Å². The van der Waals surface area contributed by atoms with Crippen molar-refractivity contribution in [3.8, 4) is 5.75 Å². The molecule has 2 aromatic rings. The Bertz CT molecular complexity index is 660. The van der Waals surface area contributed by atoms with Crippen molar-refractivity contribution in [3.63, 3.8) is 0 Å². The van der Waals surface area contributed by atoms with E-state index in [4.69, 9.17) is 4.74 Å². The summed E-state index contributed by atoms with van der Waals surface area (Å²) in [6, 6.07) is 13.9. The first-order chi connectivity index (χ1) is 11.1. The van der Waals surface area contributed by atoms with Crippen LogP contribution in [0.3, 0.4) is 0 Å². The van der Waals surface area contributed by atoms with Gasteiger partial charge < -0.3 is 10.1 Å². The molecule has 120 valence electrons. The van der Waals surface area contributed by atoms with Crippen LogP contribution in [0.4, 0.5) is 5.69 Å². The molecular formula is C19H21NO3. The van der Waals surface area contributed by atoms with Gasteiger partial charge in [-0.1, -0.05) is 13.3 Å². The van der Waals surface area contributed by atoms with E-state index in [-0.39, 0.29) is 11.7 Å². The number of carbonyl (C=O) groups is 2. The molecule has 0 radical (unpaired) electrons. The van der Waals surface area contributed by atoms with Crippen LogP contribution in [0.25, 0.3) is 0 Å². The van der Waals surface area contributed by atoms with Crippen molar-refractivity contribution in [1.29, 1.82) is 0 Å². The van der Waals surface area contributed by atoms with Gasteiger partial charge in [0.1, 0.15) is 5.75 Å². The van der Waals surface area contributed by atoms with Crippen LogP contribution in [0.1, 0.15) is 47.4 Å². The number of benzene rings is 2. The summed E-state index contributed by atoms with van der Waals surface area (Å²) in [6.07, 6.45) is 2.10. The van der Waals surface area contributed by atoms with Crippen LogP contribution in [0.15, 0.2) is 48.5 Å². The Morgan fingerprint density at radius 3 is 2.13 bits per heavy atom. The highest BCUT2D eigenvalue weighted by Crippen LogP contribution is 2.15. The summed E-state index contributed by atoms with van der Waals surface area (Å²) in [6.45, 7) is 4.31. The van der Waals surface area contributed by atoms with Gasteiger partial charge >= 0.3 is 0 Å². The smallest absolute Gasteiger partial charge is 0.255 e. The highest BCUT2D eigenvalue weighted by Gasteiger charge is 2.07. The number of nitrogens with one attached hydrogen (secondary N) is 1. The zero-order valence-corrected chi connectivity index (χ0v) is 13.5. The molecule has 0 spiro atoms. The molecule has 0 saturated carbocycles. The number of carbonyl (C=O) groups excluding carboxylic acids is 2. The largest absolute Gasteiger partial charge is 0.494 e. The maximum Gasteiger partial charge on any atom is 0.255 e. The van der Waals surface area contributed by atoms with Crippen LogP contribution >= 0.6 is 0 Å². The summed E-state index contributed by atoms with van der Waals surface area (Å²) < 4.78 is 5.57. The molecule has 0 heterocycles. The van der Waals surface area contributed by atoms with Gasteiger partial charge in [0, 0.05) is 16.8 Å². The number of hydrogen-bond donors (Lipinski definition) is 1. The SMILES string of the molecule is CCCCOc1ccc(C(=O)Nc2ccc(C(C)=O)cc2)cc1. The van der Waals surface area contributed by atoms with Crippen molar-refractivity contribution < 1.29 is 14.3 Å². The fourth-order valence-electron chi connectivity index (χ4n) is 2.03. The Morgan fingerprint density at radius 1 is 0.957 bits per heavy atom. The van der Waals surface area contributed by atoms with Crippen LogP contribution < -0.4 is 10.1 Å². The van der Waals surface area contributed by atoms with Gasteiger partial charge in [0.2, 0.25) is 0 Å². The molecule has 0 aliphatic rings. The van der Waals surface area contributed by atoms with E-state index in [9.17, 15) is 9.59 Å².